The van der Waals surface area contributed by atoms with E-state index in [1.54, 1.807) is 23.5 Å². The van der Waals surface area contributed by atoms with Crippen molar-refractivity contribution in [1.29, 1.82) is 0 Å². The van der Waals surface area contributed by atoms with Crippen molar-refractivity contribution >= 4 is 32.1 Å². The monoisotopic (exact) mass is 410 g/mol. The first kappa shape index (κ1) is 26.0. The molecule has 0 saturated heterocycles. The van der Waals surface area contributed by atoms with Crippen molar-refractivity contribution < 1.29 is 14.3 Å². The summed E-state index contributed by atoms with van der Waals surface area (Å²) < 4.78 is 4.80. The maximum Gasteiger partial charge on any atom is 0.150 e. The van der Waals surface area contributed by atoms with E-state index in [4.69, 9.17) is 4.52 Å². The maximum atomic E-state index is 10.9. The van der Waals surface area contributed by atoms with Crippen LogP contribution in [0.15, 0.2) is 0 Å². The Morgan fingerprint density at radius 3 is 1.36 bits per heavy atom. The Kier molecular flexibility index (Phi) is 22.2. The lowest BCUT2D eigenvalue weighted by atomic mass is 10.1. The molecule has 0 fully saturated rings. The van der Waals surface area contributed by atoms with Crippen molar-refractivity contribution in [2.24, 2.45) is 0 Å². The zero-order valence-corrected chi connectivity index (χ0v) is 18.9. The van der Waals surface area contributed by atoms with E-state index >= 15 is 0 Å². The minimum Gasteiger partial charge on any atom is -0.820 e. The Morgan fingerprint density at radius 2 is 1.00 bits per heavy atom. The smallest absolute Gasteiger partial charge is 0.150 e. The van der Waals surface area contributed by atoms with E-state index in [1.165, 1.54) is 77.0 Å². The number of rotatable bonds is 20. The van der Waals surface area contributed by atoms with Crippen molar-refractivity contribution in [2.45, 2.75) is 109 Å². The summed E-state index contributed by atoms with van der Waals surface area (Å²) >= 11 is 3.30. The zero-order valence-electron chi connectivity index (χ0n) is 16.4. The topological polar surface area (TPSA) is 55.3 Å². The molecule has 0 aromatic carbocycles. The Hall–Kier alpha value is 1.01. The summed E-state index contributed by atoms with van der Waals surface area (Å²) in [5.41, 5.74) is 0. The minimum absolute atomic E-state index is 0.249. The van der Waals surface area contributed by atoms with Gasteiger partial charge in [0.2, 0.25) is 0 Å². The van der Waals surface area contributed by atoms with Gasteiger partial charge in [0.15, 0.2) is 0 Å². The summed E-state index contributed by atoms with van der Waals surface area (Å²) in [6, 6.07) is 0. The Balaban J connectivity index is 3.58. The standard InChI is InChI=1S/C19H39O3PS2/c1-3-5-7-9-11-13-15-17-24-19(22-23(20)21)25-18-16-14-12-10-8-6-4-2/h19H,3-18H2,1-2H3/q-2. The van der Waals surface area contributed by atoms with Gasteiger partial charge in [0.1, 0.15) is 4.77 Å². The second-order valence-corrected chi connectivity index (χ2v) is 9.90. The van der Waals surface area contributed by atoms with Crippen LogP contribution in [0.4, 0.5) is 0 Å². The fourth-order valence-corrected chi connectivity index (χ4v) is 5.79. The Bertz CT molecular complexity index is 239. The molecule has 0 radical (unpaired) electrons. The first-order valence-electron chi connectivity index (χ1n) is 10.2. The van der Waals surface area contributed by atoms with E-state index in [-0.39, 0.29) is 4.77 Å². The minimum atomic E-state index is -2.75. The van der Waals surface area contributed by atoms with Crippen molar-refractivity contribution in [2.75, 3.05) is 11.5 Å². The van der Waals surface area contributed by atoms with Gasteiger partial charge in [-0.05, 0) is 24.3 Å². The summed E-state index contributed by atoms with van der Waals surface area (Å²) in [7, 11) is -2.75. The number of hydrogen-bond donors (Lipinski definition) is 0. The Morgan fingerprint density at radius 1 is 0.640 bits per heavy atom. The number of hydrogen-bond acceptors (Lipinski definition) is 5. The average Bonchev–Trinajstić information content (AvgIpc) is 2.58. The highest BCUT2D eigenvalue weighted by atomic mass is 32.2. The molecule has 0 heterocycles. The molecule has 0 aliphatic rings. The van der Waals surface area contributed by atoms with Gasteiger partial charge in [-0.1, -0.05) is 90.9 Å². The summed E-state index contributed by atoms with van der Waals surface area (Å²) in [6.07, 6.45) is 18.0. The van der Waals surface area contributed by atoms with Crippen LogP contribution in [0.3, 0.4) is 0 Å². The lowest BCUT2D eigenvalue weighted by molar-refractivity contribution is -0.317. The number of thioether (sulfide) groups is 2. The highest BCUT2D eigenvalue weighted by Crippen LogP contribution is 2.33. The summed E-state index contributed by atoms with van der Waals surface area (Å²) in [5, 5.41) is 0. The molecule has 0 aliphatic carbocycles. The van der Waals surface area contributed by atoms with E-state index < -0.39 is 8.60 Å². The predicted octanol–water partition coefficient (Wildman–Crippen LogP) is 6.20. The SMILES string of the molecule is CCCCCCCCCSC(OP([O-])[O-])SCCCCCCCCC. The molecule has 152 valence electrons. The quantitative estimate of drug-likeness (QED) is 0.136. The molecule has 0 amide bonds. The zero-order chi connectivity index (χ0) is 18.6. The van der Waals surface area contributed by atoms with Crippen LogP contribution in [0.5, 0.6) is 0 Å². The van der Waals surface area contributed by atoms with Crippen LogP contribution in [-0.4, -0.2) is 16.3 Å². The molecule has 0 N–H and O–H groups in total. The fraction of sp³-hybridized carbons (Fsp3) is 1.00. The third-order valence-corrected chi connectivity index (χ3v) is 7.45. The normalized spacial score (nSPS) is 11.8. The van der Waals surface area contributed by atoms with Gasteiger partial charge in [-0.25, -0.2) is 0 Å². The van der Waals surface area contributed by atoms with Crippen LogP contribution in [-0.2, 0) is 4.52 Å². The average molecular weight is 411 g/mol. The molecule has 0 aromatic heterocycles. The molecule has 0 spiro atoms. The predicted molar refractivity (Wildman–Crippen MR) is 113 cm³/mol. The first-order valence-corrected chi connectivity index (χ1v) is 13.4. The largest absolute Gasteiger partial charge is 0.820 e. The molecule has 3 nitrogen and oxygen atoms in total. The van der Waals surface area contributed by atoms with Crippen LogP contribution >= 0.6 is 32.1 Å². The third kappa shape index (κ3) is 21.2. The first-order chi connectivity index (χ1) is 12.2. The van der Waals surface area contributed by atoms with Crippen molar-refractivity contribution in [3.8, 4) is 0 Å². The van der Waals surface area contributed by atoms with E-state index in [1.807, 2.05) is 0 Å². The van der Waals surface area contributed by atoms with Gasteiger partial charge in [-0.15, -0.1) is 23.5 Å². The molecule has 0 unspecified atom stereocenters. The van der Waals surface area contributed by atoms with E-state index in [0.29, 0.717) is 0 Å². The molecule has 6 heteroatoms. The maximum absolute atomic E-state index is 10.9. The highest BCUT2D eigenvalue weighted by molar-refractivity contribution is 8.16. The second-order valence-electron chi connectivity index (χ2n) is 6.60. The van der Waals surface area contributed by atoms with Gasteiger partial charge in [0.05, 0.1) is 0 Å². The van der Waals surface area contributed by atoms with Crippen molar-refractivity contribution in [1.82, 2.24) is 0 Å². The van der Waals surface area contributed by atoms with Crippen LogP contribution in [0.2, 0.25) is 0 Å². The highest BCUT2D eigenvalue weighted by Gasteiger charge is 2.08. The van der Waals surface area contributed by atoms with E-state index in [0.717, 1.165) is 24.3 Å². The summed E-state index contributed by atoms with van der Waals surface area (Å²) in [5.74, 6) is 1.98. The lowest BCUT2D eigenvalue weighted by Crippen LogP contribution is -2.15. The molecule has 0 aromatic rings. The van der Waals surface area contributed by atoms with Crippen LogP contribution in [0.25, 0.3) is 0 Å². The molecule has 0 rings (SSSR count). The second kappa shape index (κ2) is 21.3. The molecule has 0 atom stereocenters. The van der Waals surface area contributed by atoms with Gasteiger partial charge >= 0.3 is 0 Å². The van der Waals surface area contributed by atoms with Crippen LogP contribution in [0.1, 0.15) is 104 Å². The molecular weight excluding hydrogens is 371 g/mol. The Labute approximate surface area is 166 Å². The number of unbranched alkanes of at least 4 members (excludes halogenated alkanes) is 12. The van der Waals surface area contributed by atoms with Gasteiger partial charge in [-0.3, -0.25) is 0 Å². The van der Waals surface area contributed by atoms with Crippen molar-refractivity contribution in [3.05, 3.63) is 0 Å². The van der Waals surface area contributed by atoms with Gasteiger partial charge < -0.3 is 14.3 Å². The molecular formula is C19H39O3PS2-2. The summed E-state index contributed by atoms with van der Waals surface area (Å²) in [4.78, 5) is 21.7. The third-order valence-electron chi connectivity index (χ3n) is 4.18. The fourth-order valence-electron chi connectivity index (χ4n) is 2.66. The molecule has 0 saturated carbocycles. The van der Waals surface area contributed by atoms with Gasteiger partial charge in [0.25, 0.3) is 0 Å². The van der Waals surface area contributed by atoms with E-state index in [2.05, 4.69) is 13.8 Å². The van der Waals surface area contributed by atoms with Gasteiger partial charge in [0, 0.05) is 0 Å². The molecule has 0 bridgehead atoms. The van der Waals surface area contributed by atoms with Crippen LogP contribution in [0, 0.1) is 0 Å². The van der Waals surface area contributed by atoms with Gasteiger partial charge in [-0.2, -0.15) is 8.60 Å². The molecule has 0 aliphatic heterocycles. The molecule has 25 heavy (non-hydrogen) atoms. The lowest BCUT2D eigenvalue weighted by Gasteiger charge is -2.33. The van der Waals surface area contributed by atoms with E-state index in [9.17, 15) is 9.79 Å². The van der Waals surface area contributed by atoms with Crippen LogP contribution < -0.4 is 9.79 Å². The summed E-state index contributed by atoms with van der Waals surface area (Å²) in [6.45, 7) is 4.48. The van der Waals surface area contributed by atoms with Crippen molar-refractivity contribution in [3.63, 3.8) is 0 Å².